The summed E-state index contributed by atoms with van der Waals surface area (Å²) in [5.41, 5.74) is -0.0774. The lowest BCUT2D eigenvalue weighted by atomic mass is 10.1. The summed E-state index contributed by atoms with van der Waals surface area (Å²) in [5.74, 6) is -0.179. The van der Waals surface area contributed by atoms with E-state index in [1.807, 2.05) is 0 Å². The number of carbonyl (C=O) groups excluding carboxylic acids is 2. The van der Waals surface area contributed by atoms with E-state index in [9.17, 15) is 19.5 Å². The third-order valence-electron chi connectivity index (χ3n) is 4.59. The number of aromatic nitrogens is 1. The molecule has 3 rings (SSSR count). The van der Waals surface area contributed by atoms with E-state index < -0.39 is 29.8 Å². The van der Waals surface area contributed by atoms with Crippen molar-refractivity contribution in [2.45, 2.75) is 44.9 Å². The van der Waals surface area contributed by atoms with Gasteiger partial charge in [0.1, 0.15) is 34.9 Å². The first-order chi connectivity index (χ1) is 14.1. The van der Waals surface area contributed by atoms with Crippen LogP contribution in [-0.4, -0.2) is 64.7 Å². The molecule has 2 heterocycles. The maximum atomic E-state index is 12.5. The summed E-state index contributed by atoms with van der Waals surface area (Å²) >= 11 is 0. The SMILES string of the molecule is COc1ccc2c(O[C@@H]3C[C@@H](C(=O)O)N(C(=O)OC(C)(C)C)C3)cc(C=O)nc2c1. The number of aldehydes is 1. The van der Waals surface area contributed by atoms with Crippen molar-refractivity contribution >= 4 is 29.3 Å². The molecular weight excluding hydrogens is 392 g/mol. The summed E-state index contributed by atoms with van der Waals surface area (Å²) in [4.78, 5) is 40.9. The lowest BCUT2D eigenvalue weighted by molar-refractivity contribution is -0.142. The highest BCUT2D eigenvalue weighted by Crippen LogP contribution is 2.32. The first-order valence-corrected chi connectivity index (χ1v) is 9.44. The van der Waals surface area contributed by atoms with E-state index in [0.717, 1.165) is 4.90 Å². The Hall–Kier alpha value is -3.36. The van der Waals surface area contributed by atoms with Gasteiger partial charge in [0, 0.05) is 23.9 Å². The number of ether oxygens (including phenoxy) is 3. The van der Waals surface area contributed by atoms with Crippen LogP contribution in [0.1, 0.15) is 37.7 Å². The van der Waals surface area contributed by atoms with Crippen molar-refractivity contribution < 1.29 is 33.7 Å². The van der Waals surface area contributed by atoms with Crippen molar-refractivity contribution in [1.29, 1.82) is 0 Å². The summed E-state index contributed by atoms with van der Waals surface area (Å²) in [6.07, 6.45) is -0.608. The number of pyridine rings is 1. The number of carboxylic acid groups (broad SMARTS) is 1. The molecule has 1 aromatic carbocycles. The molecule has 1 saturated heterocycles. The van der Waals surface area contributed by atoms with Crippen molar-refractivity contribution in [2.24, 2.45) is 0 Å². The van der Waals surface area contributed by atoms with Crippen molar-refractivity contribution in [3.63, 3.8) is 0 Å². The fourth-order valence-electron chi connectivity index (χ4n) is 3.30. The minimum atomic E-state index is -1.13. The predicted octanol–water partition coefficient (Wildman–Crippen LogP) is 2.90. The molecule has 9 heteroatoms. The topological polar surface area (TPSA) is 115 Å². The second kappa shape index (κ2) is 8.17. The standard InChI is InChI=1S/C21H24N2O7/c1-21(2,3)30-20(27)23-10-14(9-17(23)19(25)26)29-18-7-12(11-24)22-16-8-13(28-4)5-6-15(16)18/h5-8,11,14,17H,9-10H2,1-4H3,(H,25,26)/t14-,17+/m1/s1. The Bertz CT molecular complexity index is 983. The second-order valence-electron chi connectivity index (χ2n) is 8.01. The lowest BCUT2D eigenvalue weighted by Crippen LogP contribution is -2.43. The Labute approximate surface area is 173 Å². The molecule has 1 N–H and O–H groups in total. The van der Waals surface area contributed by atoms with E-state index in [1.165, 1.54) is 13.2 Å². The molecule has 0 bridgehead atoms. The Morgan fingerprint density at radius 2 is 2.00 bits per heavy atom. The molecule has 2 atom stereocenters. The Morgan fingerprint density at radius 1 is 1.27 bits per heavy atom. The van der Waals surface area contributed by atoms with Crippen LogP contribution < -0.4 is 9.47 Å². The maximum Gasteiger partial charge on any atom is 0.411 e. The predicted molar refractivity (Wildman–Crippen MR) is 107 cm³/mol. The average Bonchev–Trinajstić information content (AvgIpc) is 3.10. The lowest BCUT2D eigenvalue weighted by Gasteiger charge is -2.26. The number of nitrogens with zero attached hydrogens (tertiary/aromatic N) is 2. The number of rotatable bonds is 5. The van der Waals surface area contributed by atoms with Crippen LogP contribution in [0.15, 0.2) is 24.3 Å². The zero-order valence-corrected chi connectivity index (χ0v) is 17.2. The molecule has 0 radical (unpaired) electrons. The molecule has 1 aromatic heterocycles. The summed E-state index contributed by atoms with van der Waals surface area (Å²) in [6, 6.07) is 5.59. The number of carboxylic acids is 1. The molecule has 1 fully saturated rings. The van der Waals surface area contributed by atoms with E-state index in [4.69, 9.17) is 14.2 Å². The van der Waals surface area contributed by atoms with Gasteiger partial charge in [0.25, 0.3) is 0 Å². The van der Waals surface area contributed by atoms with Gasteiger partial charge in [0.2, 0.25) is 0 Å². The number of fused-ring (bicyclic) bond motifs is 1. The van der Waals surface area contributed by atoms with Crippen LogP contribution in [0.2, 0.25) is 0 Å². The number of hydrogen-bond acceptors (Lipinski definition) is 7. The van der Waals surface area contributed by atoms with Crippen LogP contribution in [0, 0.1) is 0 Å². The molecule has 160 valence electrons. The van der Waals surface area contributed by atoms with Gasteiger partial charge < -0.3 is 19.3 Å². The van der Waals surface area contributed by atoms with E-state index in [1.54, 1.807) is 39.0 Å². The van der Waals surface area contributed by atoms with Crippen molar-refractivity contribution in [3.8, 4) is 11.5 Å². The van der Waals surface area contributed by atoms with E-state index >= 15 is 0 Å². The third kappa shape index (κ3) is 4.61. The number of likely N-dealkylation sites (tertiary alicyclic amines) is 1. The molecule has 0 unspecified atom stereocenters. The van der Waals surface area contributed by atoms with Gasteiger partial charge in [0.05, 0.1) is 19.2 Å². The van der Waals surface area contributed by atoms with Crippen LogP contribution in [-0.2, 0) is 9.53 Å². The first kappa shape index (κ1) is 21.4. The van der Waals surface area contributed by atoms with Gasteiger partial charge in [-0.3, -0.25) is 9.69 Å². The number of amides is 1. The van der Waals surface area contributed by atoms with E-state index in [-0.39, 0.29) is 18.7 Å². The fourth-order valence-corrected chi connectivity index (χ4v) is 3.30. The molecule has 1 amide bonds. The number of methoxy groups -OCH3 is 1. The Morgan fingerprint density at radius 3 is 2.60 bits per heavy atom. The summed E-state index contributed by atoms with van der Waals surface area (Å²) in [6.45, 7) is 5.18. The molecular formula is C21H24N2O7. The van der Waals surface area contributed by atoms with Crippen LogP contribution in [0.4, 0.5) is 4.79 Å². The fraction of sp³-hybridized carbons (Fsp3) is 0.429. The molecule has 1 aliphatic heterocycles. The van der Waals surface area contributed by atoms with Gasteiger partial charge in [-0.1, -0.05) is 0 Å². The van der Waals surface area contributed by atoms with Gasteiger partial charge in [-0.25, -0.2) is 14.6 Å². The van der Waals surface area contributed by atoms with Crippen LogP contribution in [0.3, 0.4) is 0 Å². The quantitative estimate of drug-likeness (QED) is 0.740. The molecule has 30 heavy (non-hydrogen) atoms. The highest BCUT2D eigenvalue weighted by atomic mass is 16.6. The van der Waals surface area contributed by atoms with Crippen LogP contribution in [0.5, 0.6) is 11.5 Å². The van der Waals surface area contributed by atoms with Gasteiger partial charge in [-0.15, -0.1) is 0 Å². The summed E-state index contributed by atoms with van der Waals surface area (Å²) < 4.78 is 16.6. The first-order valence-electron chi connectivity index (χ1n) is 9.44. The largest absolute Gasteiger partial charge is 0.497 e. The second-order valence-corrected chi connectivity index (χ2v) is 8.01. The molecule has 0 saturated carbocycles. The minimum absolute atomic E-state index is 0.0439. The molecule has 1 aliphatic rings. The Kier molecular flexibility index (Phi) is 5.82. The van der Waals surface area contributed by atoms with Crippen molar-refractivity contribution in [3.05, 3.63) is 30.0 Å². The van der Waals surface area contributed by atoms with Crippen LogP contribution in [0.25, 0.3) is 10.9 Å². The van der Waals surface area contributed by atoms with Crippen LogP contribution >= 0.6 is 0 Å². The smallest absolute Gasteiger partial charge is 0.411 e. The Balaban J connectivity index is 1.88. The average molecular weight is 416 g/mol. The van der Waals surface area contributed by atoms with Gasteiger partial charge in [-0.05, 0) is 32.9 Å². The van der Waals surface area contributed by atoms with Gasteiger partial charge in [-0.2, -0.15) is 0 Å². The zero-order valence-electron chi connectivity index (χ0n) is 17.2. The van der Waals surface area contributed by atoms with Gasteiger partial charge >= 0.3 is 12.1 Å². The normalized spacial score (nSPS) is 18.9. The van der Waals surface area contributed by atoms with Crippen molar-refractivity contribution in [1.82, 2.24) is 9.88 Å². The maximum absolute atomic E-state index is 12.5. The molecule has 0 aliphatic carbocycles. The molecule has 0 spiro atoms. The minimum Gasteiger partial charge on any atom is -0.497 e. The monoisotopic (exact) mass is 416 g/mol. The summed E-state index contributed by atoms with van der Waals surface area (Å²) in [7, 11) is 1.53. The van der Waals surface area contributed by atoms with E-state index in [0.29, 0.717) is 28.7 Å². The number of aliphatic carboxylic acids is 1. The highest BCUT2D eigenvalue weighted by Gasteiger charge is 2.42. The summed E-state index contributed by atoms with van der Waals surface area (Å²) in [5, 5.41) is 10.2. The van der Waals surface area contributed by atoms with Gasteiger partial charge in [0.15, 0.2) is 6.29 Å². The van der Waals surface area contributed by atoms with Crippen molar-refractivity contribution in [2.75, 3.05) is 13.7 Å². The zero-order chi connectivity index (χ0) is 22.1. The number of carbonyl (C=O) groups is 3. The van der Waals surface area contributed by atoms with E-state index in [2.05, 4.69) is 4.98 Å². The molecule has 9 nitrogen and oxygen atoms in total. The number of benzene rings is 1. The third-order valence-corrected chi connectivity index (χ3v) is 4.59. The molecule has 2 aromatic rings. The highest BCUT2D eigenvalue weighted by molar-refractivity contribution is 5.90. The number of hydrogen-bond donors (Lipinski definition) is 1.